The number of aromatic amines is 2. The minimum Gasteiger partial charge on any atom is -0.349 e. The number of hydrogen-bond acceptors (Lipinski definition) is 4. The third-order valence-electron chi connectivity index (χ3n) is 2.66. The fraction of sp³-hybridized carbons (Fsp3) is 0. The first-order valence-electron chi connectivity index (χ1n) is 5.29. The highest BCUT2D eigenvalue weighted by atomic mass is 16.2. The Morgan fingerprint density at radius 2 is 2.22 bits per heavy atom. The number of nitrogens with two attached hydrogens (primary N) is 1. The highest BCUT2D eigenvalue weighted by Gasteiger charge is 2.12. The predicted molar refractivity (Wildman–Crippen MR) is 65.3 cm³/mol. The summed E-state index contributed by atoms with van der Waals surface area (Å²) in [7, 11) is 0. The normalized spacial score (nSPS) is 10.7. The Balaban J connectivity index is 2.09. The average molecular weight is 242 g/mol. The Morgan fingerprint density at radius 1 is 1.33 bits per heavy atom. The molecule has 0 saturated carbocycles. The van der Waals surface area contributed by atoms with Crippen LogP contribution in [0.2, 0.25) is 0 Å². The summed E-state index contributed by atoms with van der Waals surface area (Å²) in [5.74, 6) is 4.70. The number of carbonyl (C=O) groups is 1. The third kappa shape index (κ3) is 1.54. The van der Waals surface area contributed by atoms with Gasteiger partial charge in [0.15, 0.2) is 5.65 Å². The summed E-state index contributed by atoms with van der Waals surface area (Å²) in [6.45, 7) is 0. The molecule has 0 aromatic carbocycles. The number of amides is 1. The molecule has 0 radical (unpaired) electrons. The van der Waals surface area contributed by atoms with Gasteiger partial charge < -0.3 is 4.98 Å². The van der Waals surface area contributed by atoms with Crippen LogP contribution in [0, 0.1) is 0 Å². The molecule has 90 valence electrons. The van der Waals surface area contributed by atoms with Crippen molar-refractivity contribution in [1.29, 1.82) is 0 Å². The molecular weight excluding hydrogens is 232 g/mol. The first-order chi connectivity index (χ1) is 8.79. The second kappa shape index (κ2) is 3.97. The Kier molecular flexibility index (Phi) is 2.31. The molecule has 0 spiro atoms. The molecule has 3 aromatic rings. The third-order valence-corrected chi connectivity index (χ3v) is 2.66. The molecule has 3 aromatic heterocycles. The van der Waals surface area contributed by atoms with E-state index in [1.54, 1.807) is 18.3 Å². The zero-order valence-electron chi connectivity index (χ0n) is 9.27. The molecule has 18 heavy (non-hydrogen) atoms. The monoisotopic (exact) mass is 242 g/mol. The zero-order valence-corrected chi connectivity index (χ0v) is 9.27. The Morgan fingerprint density at radius 3 is 3.06 bits per heavy atom. The van der Waals surface area contributed by atoms with E-state index in [2.05, 4.69) is 25.6 Å². The lowest BCUT2D eigenvalue weighted by Crippen LogP contribution is -2.30. The highest BCUT2D eigenvalue weighted by Crippen LogP contribution is 2.24. The first kappa shape index (κ1) is 10.5. The van der Waals surface area contributed by atoms with Crippen molar-refractivity contribution in [2.75, 3.05) is 0 Å². The molecule has 0 saturated heterocycles. The van der Waals surface area contributed by atoms with Crippen LogP contribution in [-0.2, 0) is 0 Å². The Labute approximate surface area is 101 Å². The van der Waals surface area contributed by atoms with Crippen LogP contribution < -0.4 is 11.3 Å². The van der Waals surface area contributed by atoms with Gasteiger partial charge >= 0.3 is 0 Å². The number of aromatic nitrogens is 4. The first-order valence-corrected chi connectivity index (χ1v) is 5.29. The van der Waals surface area contributed by atoms with E-state index >= 15 is 0 Å². The number of hydrazine groups is 1. The van der Waals surface area contributed by atoms with Crippen molar-refractivity contribution in [1.82, 2.24) is 25.6 Å². The lowest BCUT2D eigenvalue weighted by atomic mass is 10.2. The van der Waals surface area contributed by atoms with E-state index in [0.29, 0.717) is 11.3 Å². The molecule has 0 unspecified atom stereocenters. The highest BCUT2D eigenvalue weighted by molar-refractivity contribution is 5.94. The number of pyridine rings is 1. The molecule has 0 atom stereocenters. The molecule has 7 heteroatoms. The van der Waals surface area contributed by atoms with E-state index in [4.69, 9.17) is 5.84 Å². The van der Waals surface area contributed by atoms with Crippen LogP contribution in [0.5, 0.6) is 0 Å². The maximum atomic E-state index is 11.4. The number of rotatable bonds is 2. The van der Waals surface area contributed by atoms with Gasteiger partial charge in [0.1, 0.15) is 5.69 Å². The molecule has 0 aliphatic heterocycles. The molecule has 7 nitrogen and oxygen atoms in total. The minimum absolute atomic E-state index is 0.372. The number of nitrogens with zero attached hydrogens (tertiary/aromatic N) is 2. The van der Waals surface area contributed by atoms with Gasteiger partial charge in [0, 0.05) is 11.6 Å². The standard InChI is InChI=1S/C11H10N6O/c12-15-11(18)8-4-3-7(14-8)9-6-2-1-5-13-10(6)17-16-9/h1-5,14H,12H2,(H,15,18)(H,13,16,17). The van der Waals surface area contributed by atoms with Gasteiger partial charge in [-0.1, -0.05) is 0 Å². The summed E-state index contributed by atoms with van der Waals surface area (Å²) in [5, 5.41) is 7.87. The largest absolute Gasteiger partial charge is 0.349 e. The van der Waals surface area contributed by atoms with E-state index < -0.39 is 0 Å². The van der Waals surface area contributed by atoms with Crippen LogP contribution in [0.15, 0.2) is 30.5 Å². The van der Waals surface area contributed by atoms with Crippen molar-refractivity contribution >= 4 is 16.9 Å². The summed E-state index contributed by atoms with van der Waals surface area (Å²) in [6, 6.07) is 7.17. The molecule has 0 aliphatic carbocycles. The maximum absolute atomic E-state index is 11.4. The van der Waals surface area contributed by atoms with Gasteiger partial charge in [-0.2, -0.15) is 5.10 Å². The van der Waals surface area contributed by atoms with E-state index in [1.807, 2.05) is 12.1 Å². The smallest absolute Gasteiger partial charge is 0.281 e. The van der Waals surface area contributed by atoms with E-state index in [0.717, 1.165) is 16.8 Å². The fourth-order valence-electron chi connectivity index (χ4n) is 1.81. The molecule has 3 rings (SSSR count). The van der Waals surface area contributed by atoms with Gasteiger partial charge in [-0.3, -0.25) is 15.3 Å². The molecule has 0 fully saturated rings. The summed E-state index contributed by atoms with van der Waals surface area (Å²) in [6.07, 6.45) is 1.68. The van der Waals surface area contributed by atoms with Crippen molar-refractivity contribution < 1.29 is 4.79 Å². The van der Waals surface area contributed by atoms with Gasteiger partial charge in [-0.25, -0.2) is 10.8 Å². The minimum atomic E-state index is -0.372. The summed E-state index contributed by atoms with van der Waals surface area (Å²) >= 11 is 0. The topological polar surface area (TPSA) is 112 Å². The second-order valence-corrected chi connectivity index (χ2v) is 3.73. The summed E-state index contributed by atoms with van der Waals surface area (Å²) in [4.78, 5) is 18.5. The lowest BCUT2D eigenvalue weighted by Gasteiger charge is -1.96. The lowest BCUT2D eigenvalue weighted by molar-refractivity contribution is 0.0949. The van der Waals surface area contributed by atoms with Crippen LogP contribution in [0.4, 0.5) is 0 Å². The van der Waals surface area contributed by atoms with Gasteiger partial charge in [-0.15, -0.1) is 0 Å². The number of H-pyrrole nitrogens is 2. The summed E-state index contributed by atoms with van der Waals surface area (Å²) in [5.41, 5.74) is 4.63. The molecule has 0 bridgehead atoms. The van der Waals surface area contributed by atoms with E-state index in [-0.39, 0.29) is 5.91 Å². The van der Waals surface area contributed by atoms with Crippen molar-refractivity contribution in [2.45, 2.75) is 0 Å². The number of nitrogen functional groups attached to an aromatic ring is 1. The van der Waals surface area contributed by atoms with Crippen LogP contribution in [0.25, 0.3) is 22.4 Å². The number of nitrogens with one attached hydrogen (secondary N) is 3. The van der Waals surface area contributed by atoms with Crippen LogP contribution in [-0.4, -0.2) is 26.1 Å². The van der Waals surface area contributed by atoms with Gasteiger partial charge in [0.2, 0.25) is 0 Å². The van der Waals surface area contributed by atoms with Crippen molar-refractivity contribution in [3.05, 3.63) is 36.2 Å². The Hall–Kier alpha value is -2.67. The number of carbonyl (C=O) groups excluding carboxylic acids is 1. The molecular formula is C11H10N6O. The number of hydrogen-bond donors (Lipinski definition) is 4. The average Bonchev–Trinajstić information content (AvgIpc) is 3.03. The summed E-state index contributed by atoms with van der Waals surface area (Å²) < 4.78 is 0. The van der Waals surface area contributed by atoms with E-state index in [9.17, 15) is 4.79 Å². The van der Waals surface area contributed by atoms with Crippen LogP contribution in [0.1, 0.15) is 10.5 Å². The Bertz CT molecular complexity index is 713. The van der Waals surface area contributed by atoms with Gasteiger partial charge in [0.25, 0.3) is 5.91 Å². The van der Waals surface area contributed by atoms with Crippen molar-refractivity contribution in [3.8, 4) is 11.4 Å². The van der Waals surface area contributed by atoms with Crippen molar-refractivity contribution in [3.63, 3.8) is 0 Å². The molecule has 5 N–H and O–H groups in total. The van der Waals surface area contributed by atoms with E-state index in [1.165, 1.54) is 0 Å². The SMILES string of the molecule is NNC(=O)c1ccc(-c2[nH]nc3ncccc23)[nH]1. The van der Waals surface area contributed by atoms with Crippen LogP contribution >= 0.6 is 0 Å². The molecule has 1 amide bonds. The van der Waals surface area contributed by atoms with Gasteiger partial charge in [-0.05, 0) is 24.3 Å². The predicted octanol–water partition coefficient (Wildman–Crippen LogP) is 0.556. The van der Waals surface area contributed by atoms with Gasteiger partial charge in [0.05, 0.1) is 11.4 Å². The van der Waals surface area contributed by atoms with Crippen molar-refractivity contribution in [2.24, 2.45) is 5.84 Å². The maximum Gasteiger partial charge on any atom is 0.281 e. The molecule has 3 heterocycles. The van der Waals surface area contributed by atoms with Crippen LogP contribution in [0.3, 0.4) is 0 Å². The number of fused-ring (bicyclic) bond motifs is 1. The molecule has 0 aliphatic rings. The quantitative estimate of drug-likeness (QED) is 0.298. The fourth-order valence-corrected chi connectivity index (χ4v) is 1.81. The second-order valence-electron chi connectivity index (χ2n) is 3.73. The zero-order chi connectivity index (χ0) is 12.5.